The SMILES string of the molecule is CC(=O)Nc1ccc(NC(=O)CN2C(=O)N[C@@](C)(c3ccc(C)cc3)C2=O)cc1. The monoisotopic (exact) mass is 394 g/mol. The molecule has 1 atom stereocenters. The molecule has 0 spiro atoms. The molecular formula is C21H22N4O4. The van der Waals surface area contributed by atoms with Crippen molar-refractivity contribution in [1.29, 1.82) is 0 Å². The van der Waals surface area contributed by atoms with Gasteiger partial charge in [0.15, 0.2) is 0 Å². The summed E-state index contributed by atoms with van der Waals surface area (Å²) in [6.45, 7) is 4.55. The predicted octanol–water partition coefficient (Wildman–Crippen LogP) is 2.36. The van der Waals surface area contributed by atoms with Gasteiger partial charge in [-0.2, -0.15) is 0 Å². The van der Waals surface area contributed by atoms with Crippen LogP contribution in [-0.2, 0) is 19.9 Å². The number of carbonyl (C=O) groups excluding carboxylic acids is 4. The lowest BCUT2D eigenvalue weighted by Gasteiger charge is -2.22. The lowest BCUT2D eigenvalue weighted by Crippen LogP contribution is -2.42. The molecule has 1 saturated heterocycles. The maximum atomic E-state index is 12.9. The van der Waals surface area contributed by atoms with Crippen molar-refractivity contribution in [2.75, 3.05) is 17.2 Å². The van der Waals surface area contributed by atoms with Gasteiger partial charge in [0.05, 0.1) is 0 Å². The molecule has 1 heterocycles. The van der Waals surface area contributed by atoms with Gasteiger partial charge in [-0.1, -0.05) is 29.8 Å². The molecule has 0 bridgehead atoms. The summed E-state index contributed by atoms with van der Waals surface area (Å²) in [6.07, 6.45) is 0. The Morgan fingerprint density at radius 2 is 1.52 bits per heavy atom. The number of urea groups is 1. The summed E-state index contributed by atoms with van der Waals surface area (Å²) in [5, 5.41) is 7.94. The summed E-state index contributed by atoms with van der Waals surface area (Å²) in [5.74, 6) is -1.19. The van der Waals surface area contributed by atoms with Crippen LogP contribution in [0.1, 0.15) is 25.0 Å². The quantitative estimate of drug-likeness (QED) is 0.677. The number of rotatable bonds is 5. The molecule has 0 saturated carbocycles. The third-order valence-corrected chi connectivity index (χ3v) is 4.69. The number of nitrogens with zero attached hydrogens (tertiary/aromatic N) is 1. The second kappa shape index (κ2) is 7.75. The fraction of sp³-hybridized carbons (Fsp3) is 0.238. The number of benzene rings is 2. The summed E-state index contributed by atoms with van der Waals surface area (Å²) >= 11 is 0. The van der Waals surface area contributed by atoms with Crippen molar-refractivity contribution in [2.45, 2.75) is 26.3 Å². The van der Waals surface area contributed by atoms with Crippen LogP contribution in [0.3, 0.4) is 0 Å². The van der Waals surface area contributed by atoms with Gasteiger partial charge in [0.25, 0.3) is 5.91 Å². The number of imide groups is 1. The van der Waals surface area contributed by atoms with Crippen LogP contribution in [0.5, 0.6) is 0 Å². The number of anilines is 2. The average Bonchev–Trinajstić information content (AvgIpc) is 2.87. The average molecular weight is 394 g/mol. The molecule has 2 aromatic carbocycles. The molecule has 3 rings (SSSR count). The molecule has 8 heteroatoms. The lowest BCUT2D eigenvalue weighted by molar-refractivity contribution is -0.133. The van der Waals surface area contributed by atoms with Gasteiger partial charge in [-0.15, -0.1) is 0 Å². The van der Waals surface area contributed by atoms with Crippen molar-refractivity contribution in [3.8, 4) is 0 Å². The Hall–Kier alpha value is -3.68. The number of hydrogen-bond acceptors (Lipinski definition) is 4. The van der Waals surface area contributed by atoms with Gasteiger partial charge < -0.3 is 16.0 Å². The predicted molar refractivity (Wildman–Crippen MR) is 108 cm³/mol. The van der Waals surface area contributed by atoms with Crippen LogP contribution in [-0.4, -0.2) is 35.2 Å². The Labute approximate surface area is 168 Å². The summed E-state index contributed by atoms with van der Waals surface area (Å²) in [6, 6.07) is 13.2. The third kappa shape index (κ3) is 4.26. The fourth-order valence-electron chi connectivity index (χ4n) is 3.11. The highest BCUT2D eigenvalue weighted by molar-refractivity contribution is 6.10. The van der Waals surface area contributed by atoms with Crippen LogP contribution >= 0.6 is 0 Å². The van der Waals surface area contributed by atoms with Crippen molar-refractivity contribution < 1.29 is 19.2 Å². The van der Waals surface area contributed by atoms with Crippen molar-refractivity contribution in [3.63, 3.8) is 0 Å². The van der Waals surface area contributed by atoms with Crippen molar-refractivity contribution in [1.82, 2.24) is 10.2 Å². The van der Waals surface area contributed by atoms with E-state index in [0.717, 1.165) is 10.5 Å². The third-order valence-electron chi connectivity index (χ3n) is 4.69. The van der Waals surface area contributed by atoms with Crippen molar-refractivity contribution in [3.05, 3.63) is 59.7 Å². The number of aryl methyl sites for hydroxylation is 1. The molecule has 0 aliphatic carbocycles. The first-order valence-corrected chi connectivity index (χ1v) is 9.08. The van der Waals surface area contributed by atoms with E-state index in [1.807, 2.05) is 19.1 Å². The van der Waals surface area contributed by atoms with Crippen molar-refractivity contribution >= 4 is 35.1 Å². The molecule has 150 valence electrons. The van der Waals surface area contributed by atoms with E-state index in [2.05, 4.69) is 16.0 Å². The maximum absolute atomic E-state index is 12.9. The first kappa shape index (κ1) is 20.1. The molecule has 2 aromatic rings. The second-order valence-electron chi connectivity index (χ2n) is 7.12. The van der Waals surface area contributed by atoms with Gasteiger partial charge in [-0.05, 0) is 43.7 Å². The minimum Gasteiger partial charge on any atom is -0.326 e. The highest BCUT2D eigenvalue weighted by Crippen LogP contribution is 2.29. The van der Waals surface area contributed by atoms with Crippen LogP contribution in [0, 0.1) is 6.92 Å². The second-order valence-corrected chi connectivity index (χ2v) is 7.12. The smallest absolute Gasteiger partial charge is 0.325 e. The first-order valence-electron chi connectivity index (χ1n) is 9.08. The summed E-state index contributed by atoms with van der Waals surface area (Å²) < 4.78 is 0. The highest BCUT2D eigenvalue weighted by atomic mass is 16.2. The molecule has 1 aliphatic rings. The van der Waals surface area contributed by atoms with E-state index in [1.165, 1.54) is 6.92 Å². The number of carbonyl (C=O) groups is 4. The minimum atomic E-state index is -1.22. The summed E-state index contributed by atoms with van der Waals surface area (Å²) in [4.78, 5) is 49.5. The molecular weight excluding hydrogens is 372 g/mol. The molecule has 29 heavy (non-hydrogen) atoms. The number of nitrogens with one attached hydrogen (secondary N) is 3. The van der Waals surface area contributed by atoms with Gasteiger partial charge >= 0.3 is 6.03 Å². The van der Waals surface area contributed by atoms with E-state index >= 15 is 0 Å². The van der Waals surface area contributed by atoms with Gasteiger partial charge in [-0.25, -0.2) is 4.79 Å². The van der Waals surface area contributed by atoms with Gasteiger partial charge in [0.1, 0.15) is 12.1 Å². The topological polar surface area (TPSA) is 108 Å². The van der Waals surface area contributed by atoms with E-state index in [1.54, 1.807) is 43.3 Å². The van der Waals surface area contributed by atoms with Crippen LogP contribution in [0.4, 0.5) is 16.2 Å². The van der Waals surface area contributed by atoms with Gasteiger partial charge in [0, 0.05) is 18.3 Å². The minimum absolute atomic E-state index is 0.197. The maximum Gasteiger partial charge on any atom is 0.325 e. The molecule has 1 aliphatic heterocycles. The zero-order valence-electron chi connectivity index (χ0n) is 16.4. The van der Waals surface area contributed by atoms with Crippen LogP contribution < -0.4 is 16.0 Å². The molecule has 0 aromatic heterocycles. The number of amides is 5. The Morgan fingerprint density at radius 1 is 0.966 bits per heavy atom. The Morgan fingerprint density at radius 3 is 2.07 bits per heavy atom. The van der Waals surface area contributed by atoms with E-state index in [-0.39, 0.29) is 5.91 Å². The molecule has 1 fully saturated rings. The van der Waals surface area contributed by atoms with E-state index < -0.39 is 29.9 Å². The normalized spacial score (nSPS) is 18.4. The fourth-order valence-corrected chi connectivity index (χ4v) is 3.11. The largest absolute Gasteiger partial charge is 0.326 e. The molecule has 5 amide bonds. The van der Waals surface area contributed by atoms with Crippen LogP contribution in [0.15, 0.2) is 48.5 Å². The zero-order valence-corrected chi connectivity index (χ0v) is 16.4. The molecule has 8 nitrogen and oxygen atoms in total. The van der Waals surface area contributed by atoms with Crippen molar-refractivity contribution in [2.24, 2.45) is 0 Å². The molecule has 3 N–H and O–H groups in total. The van der Waals surface area contributed by atoms with Crippen LogP contribution in [0.25, 0.3) is 0 Å². The van der Waals surface area contributed by atoms with E-state index in [4.69, 9.17) is 0 Å². The highest BCUT2D eigenvalue weighted by Gasteiger charge is 2.49. The Balaban J connectivity index is 1.67. The van der Waals surface area contributed by atoms with Gasteiger partial charge in [-0.3, -0.25) is 19.3 Å². The standard InChI is InChI=1S/C21H22N4O4/c1-13-4-6-15(7-5-13)21(3)19(28)25(20(29)24-21)12-18(27)23-17-10-8-16(9-11-17)22-14(2)26/h4-11H,12H2,1-3H3,(H,22,26)(H,23,27)(H,24,29)/t21-/m0/s1. The Kier molecular flexibility index (Phi) is 5.36. The Bertz CT molecular complexity index is 969. The first-order chi connectivity index (χ1) is 13.7. The number of hydrogen-bond donors (Lipinski definition) is 3. The van der Waals surface area contributed by atoms with Gasteiger partial charge in [0.2, 0.25) is 11.8 Å². The summed E-state index contributed by atoms with van der Waals surface area (Å²) in [7, 11) is 0. The summed E-state index contributed by atoms with van der Waals surface area (Å²) in [5.41, 5.74) is 1.55. The van der Waals surface area contributed by atoms with E-state index in [9.17, 15) is 19.2 Å². The molecule has 0 unspecified atom stereocenters. The molecule has 0 radical (unpaired) electrons. The lowest BCUT2D eigenvalue weighted by atomic mass is 9.91. The zero-order chi connectivity index (χ0) is 21.2. The van der Waals surface area contributed by atoms with Crippen LogP contribution in [0.2, 0.25) is 0 Å². The van der Waals surface area contributed by atoms with E-state index in [0.29, 0.717) is 16.9 Å².